The molecular formula is C20H19ClN6O2. The molecule has 148 valence electrons. The molecule has 4 rings (SSSR count). The number of benzene rings is 1. The third-order valence-corrected chi connectivity index (χ3v) is 5.10. The predicted octanol–water partition coefficient (Wildman–Crippen LogP) is 2.46. The Hall–Kier alpha value is -3.26. The first-order valence-electron chi connectivity index (χ1n) is 9.27. The van der Waals surface area contributed by atoms with E-state index in [1.54, 1.807) is 23.8 Å². The van der Waals surface area contributed by atoms with Gasteiger partial charge >= 0.3 is 0 Å². The van der Waals surface area contributed by atoms with Gasteiger partial charge in [0.25, 0.3) is 5.56 Å². The van der Waals surface area contributed by atoms with Crippen LogP contribution in [-0.2, 0) is 17.8 Å². The fourth-order valence-corrected chi connectivity index (χ4v) is 3.44. The lowest BCUT2D eigenvalue weighted by Crippen LogP contribution is -2.25. The Morgan fingerprint density at radius 2 is 1.93 bits per heavy atom. The number of amides is 1. The van der Waals surface area contributed by atoms with E-state index >= 15 is 0 Å². The van der Waals surface area contributed by atoms with E-state index in [0.29, 0.717) is 22.6 Å². The standard InChI is InChI=1S/C20H19ClN6O2/c1-3-14-17(12-4-6-13(21)7-5-12)19-24-23-18-15(27(19)25-14)8-10-26(20(18)29)11-9-16(28)22-2/h4-8,10H,3,9,11H2,1-2H3,(H,22,28). The second-order valence-electron chi connectivity index (χ2n) is 6.59. The zero-order chi connectivity index (χ0) is 20.5. The number of aromatic nitrogens is 5. The number of nitrogens with one attached hydrogen (secondary N) is 1. The number of carbonyl (C=O) groups excluding carboxylic acids is 1. The highest BCUT2D eigenvalue weighted by molar-refractivity contribution is 6.30. The van der Waals surface area contributed by atoms with Gasteiger partial charge < -0.3 is 9.88 Å². The Kier molecular flexibility index (Phi) is 5.02. The Labute approximate surface area is 171 Å². The van der Waals surface area contributed by atoms with E-state index in [9.17, 15) is 9.59 Å². The van der Waals surface area contributed by atoms with Crippen LogP contribution in [0.3, 0.4) is 0 Å². The average Bonchev–Trinajstić information content (AvgIpc) is 3.12. The van der Waals surface area contributed by atoms with Crippen LogP contribution in [0.1, 0.15) is 19.0 Å². The molecule has 4 aromatic rings. The Morgan fingerprint density at radius 3 is 2.62 bits per heavy atom. The number of hydrogen-bond donors (Lipinski definition) is 1. The maximum Gasteiger partial charge on any atom is 0.280 e. The molecule has 0 atom stereocenters. The van der Waals surface area contributed by atoms with Crippen molar-refractivity contribution in [3.05, 3.63) is 57.6 Å². The summed E-state index contributed by atoms with van der Waals surface area (Å²) in [6.45, 7) is 2.28. The molecule has 0 spiro atoms. The molecule has 29 heavy (non-hydrogen) atoms. The Balaban J connectivity index is 1.88. The van der Waals surface area contributed by atoms with Gasteiger partial charge in [0.2, 0.25) is 5.91 Å². The molecule has 1 N–H and O–H groups in total. The van der Waals surface area contributed by atoms with E-state index in [1.165, 1.54) is 4.57 Å². The van der Waals surface area contributed by atoms with Crippen molar-refractivity contribution in [2.75, 3.05) is 7.05 Å². The largest absolute Gasteiger partial charge is 0.359 e. The summed E-state index contributed by atoms with van der Waals surface area (Å²) in [7, 11) is 1.56. The van der Waals surface area contributed by atoms with E-state index in [0.717, 1.165) is 16.8 Å². The minimum atomic E-state index is -0.303. The van der Waals surface area contributed by atoms with Crippen LogP contribution in [0, 0.1) is 0 Å². The fourth-order valence-electron chi connectivity index (χ4n) is 3.31. The third kappa shape index (κ3) is 3.36. The Morgan fingerprint density at radius 1 is 1.17 bits per heavy atom. The minimum absolute atomic E-state index is 0.134. The molecule has 3 heterocycles. The topological polar surface area (TPSA) is 94.2 Å². The van der Waals surface area contributed by atoms with Crippen molar-refractivity contribution < 1.29 is 4.79 Å². The lowest BCUT2D eigenvalue weighted by Gasteiger charge is -2.07. The first-order chi connectivity index (χ1) is 14.0. The van der Waals surface area contributed by atoms with Crippen LogP contribution in [0.4, 0.5) is 0 Å². The summed E-state index contributed by atoms with van der Waals surface area (Å²) in [5, 5.41) is 16.4. The van der Waals surface area contributed by atoms with E-state index < -0.39 is 0 Å². The van der Waals surface area contributed by atoms with Crippen LogP contribution >= 0.6 is 11.6 Å². The fraction of sp³-hybridized carbons (Fsp3) is 0.250. The van der Waals surface area contributed by atoms with Crippen molar-refractivity contribution in [2.24, 2.45) is 0 Å². The molecule has 1 aromatic carbocycles. The lowest BCUT2D eigenvalue weighted by atomic mass is 10.0. The van der Waals surface area contributed by atoms with Crippen molar-refractivity contribution in [1.82, 2.24) is 29.7 Å². The molecule has 0 unspecified atom stereocenters. The van der Waals surface area contributed by atoms with Crippen molar-refractivity contribution >= 4 is 34.2 Å². The summed E-state index contributed by atoms with van der Waals surface area (Å²) in [5.74, 6) is -0.134. The first kappa shape index (κ1) is 19.1. The van der Waals surface area contributed by atoms with Gasteiger partial charge in [0.1, 0.15) is 5.52 Å². The summed E-state index contributed by atoms with van der Waals surface area (Å²) >= 11 is 6.02. The number of halogens is 1. The van der Waals surface area contributed by atoms with Crippen LogP contribution < -0.4 is 10.9 Å². The maximum absolute atomic E-state index is 12.8. The second-order valence-corrected chi connectivity index (χ2v) is 7.03. The molecule has 0 radical (unpaired) electrons. The molecule has 0 aliphatic rings. The molecule has 3 aromatic heterocycles. The minimum Gasteiger partial charge on any atom is -0.359 e. The maximum atomic E-state index is 12.8. The van der Waals surface area contributed by atoms with Gasteiger partial charge in [-0.3, -0.25) is 9.59 Å². The van der Waals surface area contributed by atoms with E-state index in [-0.39, 0.29) is 29.9 Å². The van der Waals surface area contributed by atoms with Gasteiger partial charge in [-0.05, 0) is 30.2 Å². The van der Waals surface area contributed by atoms with Gasteiger partial charge in [-0.15, -0.1) is 10.2 Å². The van der Waals surface area contributed by atoms with Crippen LogP contribution in [-0.4, -0.2) is 37.3 Å². The number of rotatable bonds is 5. The van der Waals surface area contributed by atoms with Crippen molar-refractivity contribution in [2.45, 2.75) is 26.3 Å². The molecule has 0 fully saturated rings. The highest BCUT2D eigenvalue weighted by Crippen LogP contribution is 2.29. The number of hydrogen-bond acceptors (Lipinski definition) is 5. The normalized spacial score (nSPS) is 11.3. The summed E-state index contributed by atoms with van der Waals surface area (Å²) in [5.41, 5.74) is 3.74. The molecule has 9 heteroatoms. The zero-order valence-electron chi connectivity index (χ0n) is 16.0. The van der Waals surface area contributed by atoms with Gasteiger partial charge in [-0.2, -0.15) is 5.10 Å². The molecule has 8 nitrogen and oxygen atoms in total. The number of fused-ring (bicyclic) bond motifs is 3. The highest BCUT2D eigenvalue weighted by Gasteiger charge is 2.18. The quantitative estimate of drug-likeness (QED) is 0.545. The average molecular weight is 411 g/mol. The predicted molar refractivity (Wildman–Crippen MR) is 111 cm³/mol. The van der Waals surface area contributed by atoms with Crippen LogP contribution in [0.15, 0.2) is 41.3 Å². The van der Waals surface area contributed by atoms with Crippen molar-refractivity contribution in [3.8, 4) is 11.1 Å². The Bertz CT molecular complexity index is 1280. The van der Waals surface area contributed by atoms with Crippen molar-refractivity contribution in [3.63, 3.8) is 0 Å². The van der Waals surface area contributed by atoms with Gasteiger partial charge in [0, 0.05) is 31.2 Å². The number of carbonyl (C=O) groups is 1. The lowest BCUT2D eigenvalue weighted by molar-refractivity contribution is -0.120. The van der Waals surface area contributed by atoms with Gasteiger partial charge in [-0.25, -0.2) is 4.52 Å². The second kappa shape index (κ2) is 7.63. The molecular weight excluding hydrogens is 392 g/mol. The summed E-state index contributed by atoms with van der Waals surface area (Å²) < 4.78 is 3.12. The zero-order valence-corrected chi connectivity index (χ0v) is 16.8. The number of aryl methyl sites for hydroxylation is 2. The summed E-state index contributed by atoms with van der Waals surface area (Å²) in [4.78, 5) is 24.3. The molecule has 0 aliphatic carbocycles. The smallest absolute Gasteiger partial charge is 0.280 e. The highest BCUT2D eigenvalue weighted by atomic mass is 35.5. The van der Waals surface area contributed by atoms with Crippen LogP contribution in [0.2, 0.25) is 5.02 Å². The monoisotopic (exact) mass is 410 g/mol. The molecule has 0 saturated heterocycles. The third-order valence-electron chi connectivity index (χ3n) is 4.85. The molecule has 1 amide bonds. The van der Waals surface area contributed by atoms with Crippen molar-refractivity contribution in [1.29, 1.82) is 0 Å². The molecule has 0 aliphatic heterocycles. The summed E-state index contributed by atoms with van der Waals surface area (Å²) in [6.07, 6.45) is 2.57. The first-order valence-corrected chi connectivity index (χ1v) is 9.65. The number of pyridine rings is 1. The van der Waals surface area contributed by atoms with E-state index in [2.05, 4.69) is 20.6 Å². The van der Waals surface area contributed by atoms with Crippen LogP contribution in [0.5, 0.6) is 0 Å². The molecule has 0 saturated carbocycles. The summed E-state index contributed by atoms with van der Waals surface area (Å²) in [6, 6.07) is 9.25. The number of nitrogens with zero attached hydrogens (tertiary/aromatic N) is 5. The van der Waals surface area contributed by atoms with Gasteiger partial charge in [0.15, 0.2) is 11.2 Å². The van der Waals surface area contributed by atoms with Crippen LogP contribution in [0.25, 0.3) is 27.8 Å². The van der Waals surface area contributed by atoms with E-state index in [4.69, 9.17) is 11.6 Å². The van der Waals surface area contributed by atoms with Gasteiger partial charge in [-0.1, -0.05) is 30.7 Å². The van der Waals surface area contributed by atoms with Gasteiger partial charge in [0.05, 0.1) is 11.3 Å². The molecule has 0 bridgehead atoms. The SMILES string of the molecule is CCc1nn2c(nnc3c(=O)n(CCC(=O)NC)ccc32)c1-c1ccc(Cl)cc1. The van der Waals surface area contributed by atoms with E-state index in [1.807, 2.05) is 31.2 Å².